The van der Waals surface area contributed by atoms with Crippen molar-refractivity contribution in [3.05, 3.63) is 0 Å². The first kappa shape index (κ1) is 12.0. The highest BCUT2D eigenvalue weighted by Crippen LogP contribution is 2.08. The van der Waals surface area contributed by atoms with E-state index < -0.39 is 11.4 Å². The normalized spacial score (nSPS) is 26.9. The summed E-state index contributed by atoms with van der Waals surface area (Å²) in [5, 5.41) is 0. The highest BCUT2D eigenvalue weighted by molar-refractivity contribution is 7.75. The van der Waals surface area contributed by atoms with Crippen molar-refractivity contribution < 1.29 is 26.8 Å². The number of rotatable bonds is 7. The SMILES string of the molecule is COCCOCOC[C@H]1COS(=O)O1. The molecule has 84 valence electrons. The van der Waals surface area contributed by atoms with Gasteiger partial charge < -0.3 is 14.2 Å². The van der Waals surface area contributed by atoms with Crippen molar-refractivity contribution in [2.24, 2.45) is 0 Å². The molecule has 1 unspecified atom stereocenters. The maximum Gasteiger partial charge on any atom is 0.305 e. The smallest absolute Gasteiger partial charge is 0.305 e. The van der Waals surface area contributed by atoms with E-state index in [1.165, 1.54) is 0 Å². The maximum absolute atomic E-state index is 10.6. The minimum atomic E-state index is -1.60. The second kappa shape index (κ2) is 7.27. The third kappa shape index (κ3) is 4.99. The van der Waals surface area contributed by atoms with E-state index in [0.29, 0.717) is 26.4 Å². The molecule has 14 heavy (non-hydrogen) atoms. The molecule has 0 aromatic carbocycles. The topological polar surface area (TPSA) is 63.2 Å². The van der Waals surface area contributed by atoms with Gasteiger partial charge in [0.25, 0.3) is 0 Å². The van der Waals surface area contributed by atoms with Gasteiger partial charge in [-0.15, -0.1) is 0 Å². The first-order valence-corrected chi connectivity index (χ1v) is 5.19. The molecule has 0 spiro atoms. The van der Waals surface area contributed by atoms with Gasteiger partial charge in [-0.25, -0.2) is 0 Å². The molecule has 1 rings (SSSR count). The molecule has 6 nitrogen and oxygen atoms in total. The Labute approximate surface area is 85.3 Å². The molecule has 0 radical (unpaired) electrons. The van der Waals surface area contributed by atoms with E-state index in [9.17, 15) is 4.21 Å². The van der Waals surface area contributed by atoms with Crippen LogP contribution in [0.15, 0.2) is 0 Å². The molecule has 7 heteroatoms. The van der Waals surface area contributed by atoms with E-state index >= 15 is 0 Å². The molecule has 0 bridgehead atoms. The Hall–Kier alpha value is -0.0500. The van der Waals surface area contributed by atoms with Gasteiger partial charge in [0.15, 0.2) is 0 Å². The fourth-order valence-electron chi connectivity index (χ4n) is 0.814. The van der Waals surface area contributed by atoms with Crippen LogP contribution in [-0.4, -0.2) is 50.6 Å². The van der Waals surface area contributed by atoms with Crippen LogP contribution in [0.3, 0.4) is 0 Å². The van der Waals surface area contributed by atoms with Gasteiger partial charge in [-0.2, -0.15) is 4.21 Å². The quantitative estimate of drug-likeness (QED) is 0.435. The third-order valence-electron chi connectivity index (χ3n) is 1.47. The highest BCUT2D eigenvalue weighted by Gasteiger charge is 2.23. The van der Waals surface area contributed by atoms with Crippen LogP contribution in [0, 0.1) is 0 Å². The van der Waals surface area contributed by atoms with Gasteiger partial charge in [0.05, 0.1) is 26.4 Å². The first-order chi connectivity index (χ1) is 6.83. The molecule has 1 aliphatic heterocycles. The largest absolute Gasteiger partial charge is 0.382 e. The second-order valence-electron chi connectivity index (χ2n) is 2.60. The zero-order chi connectivity index (χ0) is 10.2. The van der Waals surface area contributed by atoms with Crippen molar-refractivity contribution in [3.8, 4) is 0 Å². The number of hydrogen-bond donors (Lipinski definition) is 0. The van der Waals surface area contributed by atoms with Gasteiger partial charge in [0.2, 0.25) is 0 Å². The Morgan fingerprint density at radius 2 is 2.29 bits per heavy atom. The zero-order valence-corrected chi connectivity index (χ0v) is 8.79. The van der Waals surface area contributed by atoms with Crippen LogP contribution in [0.25, 0.3) is 0 Å². The fourth-order valence-corrected chi connectivity index (χ4v) is 1.47. The summed E-state index contributed by atoms with van der Waals surface area (Å²) < 4.78 is 35.0. The second-order valence-corrected chi connectivity index (χ2v) is 3.43. The van der Waals surface area contributed by atoms with Gasteiger partial charge >= 0.3 is 11.4 Å². The summed E-state index contributed by atoms with van der Waals surface area (Å²) in [7, 11) is 1.60. The summed E-state index contributed by atoms with van der Waals surface area (Å²) in [6.45, 7) is 1.82. The van der Waals surface area contributed by atoms with Crippen molar-refractivity contribution in [2.75, 3.05) is 40.3 Å². The van der Waals surface area contributed by atoms with Gasteiger partial charge in [-0.3, -0.25) is 8.37 Å². The molecule has 0 amide bonds. The van der Waals surface area contributed by atoms with Gasteiger partial charge in [0.1, 0.15) is 12.9 Å². The van der Waals surface area contributed by atoms with E-state index in [0.717, 1.165) is 0 Å². The average Bonchev–Trinajstić information content (AvgIpc) is 2.58. The Kier molecular flexibility index (Phi) is 6.24. The lowest BCUT2D eigenvalue weighted by Gasteiger charge is -2.07. The lowest BCUT2D eigenvalue weighted by molar-refractivity contribution is -0.0810. The molecule has 0 N–H and O–H groups in total. The molecule has 0 aromatic heterocycles. The monoisotopic (exact) mass is 226 g/mol. The molecule has 1 fully saturated rings. The van der Waals surface area contributed by atoms with Crippen molar-refractivity contribution in [2.45, 2.75) is 6.10 Å². The predicted molar refractivity (Wildman–Crippen MR) is 47.6 cm³/mol. The van der Waals surface area contributed by atoms with Gasteiger partial charge in [0, 0.05) is 7.11 Å². The van der Waals surface area contributed by atoms with Gasteiger partial charge in [-0.1, -0.05) is 0 Å². The summed E-state index contributed by atoms with van der Waals surface area (Å²) in [5.41, 5.74) is 0. The van der Waals surface area contributed by atoms with Crippen LogP contribution in [-0.2, 0) is 33.9 Å². The van der Waals surface area contributed by atoms with E-state index in [4.69, 9.17) is 18.4 Å². The van der Waals surface area contributed by atoms with Crippen molar-refractivity contribution in [1.29, 1.82) is 0 Å². The molecule has 1 heterocycles. The van der Waals surface area contributed by atoms with Crippen LogP contribution in [0.2, 0.25) is 0 Å². The van der Waals surface area contributed by atoms with Crippen molar-refractivity contribution >= 4 is 11.4 Å². The standard InChI is InChI=1S/C7H14O6S/c1-9-2-3-10-6-11-4-7-5-12-14(8)13-7/h7H,2-6H2,1H3/t7-,14?/m0/s1. The number of hydrogen-bond acceptors (Lipinski definition) is 6. The molecule has 1 saturated heterocycles. The van der Waals surface area contributed by atoms with E-state index in [-0.39, 0.29) is 12.9 Å². The Morgan fingerprint density at radius 1 is 1.43 bits per heavy atom. The summed E-state index contributed by atoms with van der Waals surface area (Å²) in [5.74, 6) is 0. The molecule has 0 aliphatic carbocycles. The van der Waals surface area contributed by atoms with Crippen molar-refractivity contribution in [1.82, 2.24) is 0 Å². The van der Waals surface area contributed by atoms with Crippen LogP contribution in [0.5, 0.6) is 0 Å². The van der Waals surface area contributed by atoms with Crippen LogP contribution >= 0.6 is 0 Å². The molecule has 2 atom stereocenters. The molecule has 0 aromatic rings. The summed E-state index contributed by atoms with van der Waals surface area (Å²) in [4.78, 5) is 0. The minimum Gasteiger partial charge on any atom is -0.382 e. The third-order valence-corrected chi connectivity index (χ3v) is 2.22. The van der Waals surface area contributed by atoms with E-state index in [2.05, 4.69) is 4.18 Å². The van der Waals surface area contributed by atoms with Crippen LogP contribution < -0.4 is 0 Å². The molecule has 0 saturated carbocycles. The summed E-state index contributed by atoms with van der Waals surface area (Å²) in [6.07, 6.45) is -0.262. The van der Waals surface area contributed by atoms with E-state index in [1.54, 1.807) is 7.11 Å². The minimum absolute atomic E-state index is 0.176. The summed E-state index contributed by atoms with van der Waals surface area (Å²) >= 11 is -1.60. The molecular weight excluding hydrogens is 212 g/mol. The predicted octanol–water partition coefficient (Wildman–Crippen LogP) is -0.382. The van der Waals surface area contributed by atoms with Crippen molar-refractivity contribution in [3.63, 3.8) is 0 Å². The van der Waals surface area contributed by atoms with Gasteiger partial charge in [-0.05, 0) is 0 Å². The van der Waals surface area contributed by atoms with E-state index in [1.807, 2.05) is 0 Å². The molecular formula is C7H14O6S. The lowest BCUT2D eigenvalue weighted by Crippen LogP contribution is -2.19. The Balaban J connectivity index is 1.86. The maximum atomic E-state index is 10.6. The Bertz CT molecular complexity index is 176. The van der Waals surface area contributed by atoms with Crippen LogP contribution in [0.1, 0.15) is 0 Å². The highest BCUT2D eigenvalue weighted by atomic mass is 32.2. The number of ether oxygens (including phenoxy) is 3. The molecule has 1 aliphatic rings. The Morgan fingerprint density at radius 3 is 2.93 bits per heavy atom. The first-order valence-electron chi connectivity index (χ1n) is 4.19. The summed E-state index contributed by atoms with van der Waals surface area (Å²) in [6, 6.07) is 0. The average molecular weight is 226 g/mol. The number of methoxy groups -OCH3 is 1. The fraction of sp³-hybridized carbons (Fsp3) is 1.00. The zero-order valence-electron chi connectivity index (χ0n) is 7.97. The van der Waals surface area contributed by atoms with Crippen LogP contribution in [0.4, 0.5) is 0 Å². The lowest BCUT2D eigenvalue weighted by atomic mass is 10.4.